The summed E-state index contributed by atoms with van der Waals surface area (Å²) in [5, 5.41) is 3.67. The highest BCUT2D eigenvalue weighted by Crippen LogP contribution is 2.37. The smallest absolute Gasteiger partial charge is 0.118 e. The molecule has 0 saturated heterocycles. The van der Waals surface area contributed by atoms with Gasteiger partial charge >= 0.3 is 0 Å². The third-order valence-corrected chi connectivity index (χ3v) is 4.63. The van der Waals surface area contributed by atoms with Crippen LogP contribution in [-0.4, -0.2) is 31.7 Å². The van der Waals surface area contributed by atoms with E-state index in [2.05, 4.69) is 35.8 Å². The van der Waals surface area contributed by atoms with Crippen molar-refractivity contribution in [2.75, 3.05) is 25.7 Å². The second-order valence-corrected chi connectivity index (χ2v) is 6.28. The number of hydrogen-bond donors (Lipinski definition) is 1. The average Bonchev–Trinajstić information content (AvgIpc) is 2.41. The van der Waals surface area contributed by atoms with E-state index in [-0.39, 0.29) is 0 Å². The molecule has 3 heteroatoms. The van der Waals surface area contributed by atoms with E-state index in [1.807, 2.05) is 11.8 Å². The van der Waals surface area contributed by atoms with E-state index in [0.29, 0.717) is 0 Å². The van der Waals surface area contributed by atoms with E-state index in [4.69, 9.17) is 4.74 Å². The van der Waals surface area contributed by atoms with Crippen molar-refractivity contribution in [3.05, 3.63) is 29.8 Å². The molecule has 0 aliphatic heterocycles. The van der Waals surface area contributed by atoms with Crippen LogP contribution in [0.5, 0.6) is 5.75 Å². The van der Waals surface area contributed by atoms with Gasteiger partial charge in [0.05, 0.1) is 7.11 Å². The summed E-state index contributed by atoms with van der Waals surface area (Å²) in [5.41, 5.74) is 1.46. The van der Waals surface area contributed by atoms with Gasteiger partial charge in [-0.15, -0.1) is 0 Å². The predicted molar refractivity (Wildman–Crippen MR) is 84.4 cm³/mol. The first-order valence-corrected chi connectivity index (χ1v) is 8.59. The van der Waals surface area contributed by atoms with E-state index in [9.17, 15) is 0 Å². The Morgan fingerprint density at radius 1 is 1.21 bits per heavy atom. The Balaban J connectivity index is 1.62. The van der Waals surface area contributed by atoms with Crippen molar-refractivity contribution >= 4 is 11.8 Å². The third kappa shape index (κ3) is 4.43. The number of methoxy groups -OCH3 is 1. The first kappa shape index (κ1) is 14.7. The van der Waals surface area contributed by atoms with Gasteiger partial charge in [0.25, 0.3) is 0 Å². The molecule has 0 radical (unpaired) electrons. The molecule has 1 aliphatic carbocycles. The quantitative estimate of drug-likeness (QED) is 0.734. The van der Waals surface area contributed by atoms with Gasteiger partial charge in [0.2, 0.25) is 0 Å². The van der Waals surface area contributed by atoms with E-state index >= 15 is 0 Å². The normalized spacial score (nSPS) is 22.0. The highest BCUT2D eigenvalue weighted by Gasteiger charge is 2.29. The highest BCUT2D eigenvalue weighted by molar-refractivity contribution is 7.98. The molecule has 1 aromatic rings. The third-order valence-electron chi connectivity index (χ3n) is 3.93. The van der Waals surface area contributed by atoms with Gasteiger partial charge in [0.1, 0.15) is 5.75 Å². The van der Waals surface area contributed by atoms with Crippen LogP contribution in [-0.2, 0) is 0 Å². The monoisotopic (exact) mass is 279 g/mol. The van der Waals surface area contributed by atoms with Gasteiger partial charge in [-0.05, 0) is 67.9 Å². The summed E-state index contributed by atoms with van der Waals surface area (Å²) >= 11 is 1.94. The van der Waals surface area contributed by atoms with Crippen LogP contribution in [0.2, 0.25) is 0 Å². The van der Waals surface area contributed by atoms with Crippen molar-refractivity contribution in [1.82, 2.24) is 5.32 Å². The second-order valence-electron chi connectivity index (χ2n) is 5.29. The average molecular weight is 279 g/mol. The van der Waals surface area contributed by atoms with Gasteiger partial charge in [-0.3, -0.25) is 0 Å². The zero-order valence-electron chi connectivity index (χ0n) is 12.0. The maximum atomic E-state index is 5.19. The Kier molecular flexibility index (Phi) is 6.05. The molecule has 1 saturated carbocycles. The van der Waals surface area contributed by atoms with Gasteiger partial charge in [0.15, 0.2) is 0 Å². The molecule has 0 spiro atoms. The van der Waals surface area contributed by atoms with Gasteiger partial charge in [-0.25, -0.2) is 0 Å². The minimum Gasteiger partial charge on any atom is -0.497 e. The van der Waals surface area contributed by atoms with E-state index in [0.717, 1.165) is 17.7 Å². The van der Waals surface area contributed by atoms with Crippen LogP contribution < -0.4 is 10.1 Å². The van der Waals surface area contributed by atoms with Gasteiger partial charge in [-0.1, -0.05) is 12.1 Å². The summed E-state index contributed by atoms with van der Waals surface area (Å²) in [5.74, 6) is 2.99. The Morgan fingerprint density at radius 2 is 1.95 bits per heavy atom. The summed E-state index contributed by atoms with van der Waals surface area (Å²) in [6.07, 6.45) is 7.40. The topological polar surface area (TPSA) is 21.3 Å². The zero-order chi connectivity index (χ0) is 13.5. The summed E-state index contributed by atoms with van der Waals surface area (Å²) in [6, 6.07) is 9.29. The van der Waals surface area contributed by atoms with E-state index in [1.165, 1.54) is 43.5 Å². The van der Waals surface area contributed by atoms with Crippen molar-refractivity contribution in [2.24, 2.45) is 0 Å². The van der Waals surface area contributed by atoms with Crippen LogP contribution in [0.3, 0.4) is 0 Å². The molecule has 0 unspecified atom stereocenters. The zero-order valence-corrected chi connectivity index (χ0v) is 12.8. The molecule has 0 amide bonds. The van der Waals surface area contributed by atoms with Crippen molar-refractivity contribution in [3.63, 3.8) is 0 Å². The molecule has 19 heavy (non-hydrogen) atoms. The lowest BCUT2D eigenvalue weighted by atomic mass is 9.76. The molecular formula is C16H25NOS. The maximum Gasteiger partial charge on any atom is 0.118 e. The Morgan fingerprint density at radius 3 is 2.58 bits per heavy atom. The molecule has 1 N–H and O–H groups in total. The van der Waals surface area contributed by atoms with E-state index < -0.39 is 0 Å². The number of thioether (sulfide) groups is 1. The first-order valence-electron chi connectivity index (χ1n) is 7.19. The van der Waals surface area contributed by atoms with Gasteiger partial charge in [0, 0.05) is 6.04 Å². The molecule has 0 heterocycles. The standard InChI is InChI=1S/C16H25NOS/c1-18-16-7-5-13(6-8-16)14-11-15(12-14)17-9-3-4-10-19-2/h5-8,14-15,17H,3-4,9-12H2,1-2H3. The molecule has 0 bridgehead atoms. The molecule has 2 rings (SSSR count). The molecular weight excluding hydrogens is 254 g/mol. The van der Waals surface area contributed by atoms with E-state index in [1.54, 1.807) is 7.11 Å². The van der Waals surface area contributed by atoms with Crippen LogP contribution in [0, 0.1) is 0 Å². The lowest BCUT2D eigenvalue weighted by Crippen LogP contribution is -2.40. The van der Waals surface area contributed by atoms with Gasteiger partial charge < -0.3 is 10.1 Å². The molecule has 106 valence electrons. The molecule has 0 atom stereocenters. The van der Waals surface area contributed by atoms with Crippen LogP contribution >= 0.6 is 11.8 Å². The maximum absolute atomic E-state index is 5.19. The highest BCUT2D eigenvalue weighted by atomic mass is 32.2. The molecule has 2 nitrogen and oxygen atoms in total. The van der Waals surface area contributed by atoms with Crippen molar-refractivity contribution < 1.29 is 4.74 Å². The van der Waals surface area contributed by atoms with Crippen LogP contribution in [0.15, 0.2) is 24.3 Å². The number of benzene rings is 1. The van der Waals surface area contributed by atoms with Crippen LogP contribution in [0.4, 0.5) is 0 Å². The first-order chi connectivity index (χ1) is 9.33. The largest absolute Gasteiger partial charge is 0.497 e. The Labute approximate surface area is 121 Å². The molecule has 1 fully saturated rings. The predicted octanol–water partition coefficient (Wildman–Crippen LogP) is 3.67. The lowest BCUT2D eigenvalue weighted by molar-refractivity contribution is 0.290. The molecule has 1 aromatic carbocycles. The lowest BCUT2D eigenvalue weighted by Gasteiger charge is -2.36. The van der Waals surface area contributed by atoms with Crippen molar-refractivity contribution in [3.8, 4) is 5.75 Å². The number of nitrogens with one attached hydrogen (secondary N) is 1. The van der Waals surface area contributed by atoms with Gasteiger partial charge in [-0.2, -0.15) is 11.8 Å². The fourth-order valence-corrected chi connectivity index (χ4v) is 3.10. The summed E-state index contributed by atoms with van der Waals surface area (Å²) in [6.45, 7) is 1.18. The summed E-state index contributed by atoms with van der Waals surface area (Å²) in [4.78, 5) is 0. The molecule has 1 aliphatic rings. The summed E-state index contributed by atoms with van der Waals surface area (Å²) < 4.78 is 5.19. The fourth-order valence-electron chi connectivity index (χ4n) is 2.61. The Hall–Kier alpha value is -0.670. The Bertz CT molecular complexity index is 360. The van der Waals surface area contributed by atoms with Crippen molar-refractivity contribution in [1.29, 1.82) is 0 Å². The fraction of sp³-hybridized carbons (Fsp3) is 0.625. The number of ether oxygens (including phenoxy) is 1. The molecule has 0 aromatic heterocycles. The second kappa shape index (κ2) is 7.81. The minimum atomic E-state index is 0.737. The number of rotatable bonds is 8. The SMILES string of the molecule is COc1ccc(C2CC(NCCCCSC)C2)cc1. The van der Waals surface area contributed by atoms with Crippen LogP contribution in [0.25, 0.3) is 0 Å². The number of unbranched alkanes of at least 4 members (excludes halogenated alkanes) is 1. The minimum absolute atomic E-state index is 0.737. The summed E-state index contributed by atoms with van der Waals surface area (Å²) in [7, 11) is 1.72. The number of hydrogen-bond acceptors (Lipinski definition) is 3. The van der Waals surface area contributed by atoms with Crippen LogP contribution in [0.1, 0.15) is 37.2 Å². The van der Waals surface area contributed by atoms with Crippen molar-refractivity contribution in [2.45, 2.75) is 37.6 Å².